The maximum atomic E-state index is 4.18. The quantitative estimate of drug-likeness (QED) is 0.669. The molecule has 0 radical (unpaired) electrons. The van der Waals surface area contributed by atoms with Gasteiger partial charge in [-0.1, -0.05) is 31.2 Å². The Labute approximate surface area is 101 Å². The lowest BCUT2D eigenvalue weighted by molar-refractivity contribution is 1.06. The van der Waals surface area contributed by atoms with E-state index in [2.05, 4.69) is 35.1 Å². The second kappa shape index (κ2) is 5.85. The maximum Gasteiger partial charge on any atom is 0.0701 e. The molecule has 0 fully saturated rings. The number of H-pyrrole nitrogens is 1. The highest BCUT2D eigenvalue weighted by atomic mass is 14.7. The van der Waals surface area contributed by atoms with Gasteiger partial charge in [0.05, 0.1) is 5.52 Å². The van der Waals surface area contributed by atoms with Gasteiger partial charge in [-0.05, 0) is 30.7 Å². The molecular formula is C15H16N2. The number of aromatic amines is 1. The number of rotatable bonds is 1. The van der Waals surface area contributed by atoms with Gasteiger partial charge in [-0.2, -0.15) is 0 Å². The summed E-state index contributed by atoms with van der Waals surface area (Å²) in [4.78, 5) is 7.27. The Hall–Kier alpha value is -2.09. The summed E-state index contributed by atoms with van der Waals surface area (Å²) in [7, 11) is 0. The fraction of sp³-hybridized carbons (Fsp3) is 0.133. The molecule has 2 heterocycles. The molecule has 86 valence electrons. The number of hydrogen-bond donors (Lipinski definition) is 1. The monoisotopic (exact) mass is 224 g/mol. The molecule has 0 aliphatic rings. The molecular weight excluding hydrogens is 208 g/mol. The Balaban J connectivity index is 0.000000136. The Bertz CT molecular complexity index is 490. The molecule has 0 amide bonds. The van der Waals surface area contributed by atoms with Crippen molar-refractivity contribution in [1.82, 2.24) is 9.97 Å². The van der Waals surface area contributed by atoms with Crippen LogP contribution in [0, 0.1) is 0 Å². The topological polar surface area (TPSA) is 28.7 Å². The van der Waals surface area contributed by atoms with Crippen LogP contribution in [-0.4, -0.2) is 9.97 Å². The average molecular weight is 224 g/mol. The van der Waals surface area contributed by atoms with Crippen LogP contribution in [0.3, 0.4) is 0 Å². The molecule has 1 N–H and O–H groups in total. The minimum absolute atomic E-state index is 1.06. The zero-order valence-corrected chi connectivity index (χ0v) is 9.93. The fourth-order valence-electron chi connectivity index (χ4n) is 1.60. The highest BCUT2D eigenvalue weighted by molar-refractivity contribution is 5.77. The summed E-state index contributed by atoms with van der Waals surface area (Å²) >= 11 is 0. The van der Waals surface area contributed by atoms with E-state index in [-0.39, 0.29) is 0 Å². The molecule has 3 rings (SSSR count). The Morgan fingerprint density at radius 2 is 1.82 bits per heavy atom. The molecule has 3 aromatic rings. The number of fused-ring (bicyclic) bond motifs is 1. The van der Waals surface area contributed by atoms with Gasteiger partial charge in [0.25, 0.3) is 0 Å². The van der Waals surface area contributed by atoms with E-state index in [4.69, 9.17) is 0 Å². The number of aryl methyl sites for hydroxylation is 1. The van der Waals surface area contributed by atoms with Crippen LogP contribution >= 0.6 is 0 Å². The molecule has 17 heavy (non-hydrogen) atoms. The molecule has 0 aliphatic carbocycles. The predicted octanol–water partition coefficient (Wildman–Crippen LogP) is 3.81. The van der Waals surface area contributed by atoms with Crippen molar-refractivity contribution in [3.05, 3.63) is 66.6 Å². The van der Waals surface area contributed by atoms with Crippen LogP contribution in [-0.2, 0) is 6.42 Å². The van der Waals surface area contributed by atoms with Gasteiger partial charge in [0, 0.05) is 23.5 Å². The standard InChI is InChI=1S/C9H7N.C6H9N/c1-2-6-9-8(4-1)5-3-7-10-9;1-2-6-4-3-5-7-6/h1-7H;3-5,7H,2H2,1H3. The zero-order valence-electron chi connectivity index (χ0n) is 9.93. The molecule has 0 unspecified atom stereocenters. The van der Waals surface area contributed by atoms with Crippen LogP contribution in [0.1, 0.15) is 12.6 Å². The smallest absolute Gasteiger partial charge is 0.0701 e. The average Bonchev–Trinajstić information content (AvgIpc) is 2.93. The Morgan fingerprint density at radius 1 is 1.00 bits per heavy atom. The van der Waals surface area contributed by atoms with E-state index < -0.39 is 0 Å². The van der Waals surface area contributed by atoms with Crippen molar-refractivity contribution in [2.75, 3.05) is 0 Å². The van der Waals surface area contributed by atoms with Crippen molar-refractivity contribution in [2.45, 2.75) is 13.3 Å². The molecule has 0 atom stereocenters. The van der Waals surface area contributed by atoms with Gasteiger partial charge in [-0.3, -0.25) is 4.98 Å². The summed E-state index contributed by atoms with van der Waals surface area (Å²) in [6.45, 7) is 2.13. The van der Waals surface area contributed by atoms with Crippen LogP contribution < -0.4 is 0 Å². The molecule has 0 saturated carbocycles. The molecule has 0 bridgehead atoms. The van der Waals surface area contributed by atoms with E-state index in [1.807, 2.05) is 42.7 Å². The van der Waals surface area contributed by atoms with Crippen molar-refractivity contribution in [1.29, 1.82) is 0 Å². The van der Waals surface area contributed by atoms with Gasteiger partial charge in [0.15, 0.2) is 0 Å². The fourth-order valence-corrected chi connectivity index (χ4v) is 1.60. The second-order valence-corrected chi connectivity index (χ2v) is 3.75. The lowest BCUT2D eigenvalue weighted by atomic mass is 10.2. The SMILES string of the molecule is CCc1ccc[nH]1.c1ccc2ncccc2c1. The van der Waals surface area contributed by atoms with Gasteiger partial charge in [-0.15, -0.1) is 0 Å². The van der Waals surface area contributed by atoms with E-state index in [1.165, 1.54) is 11.1 Å². The molecule has 2 aromatic heterocycles. The van der Waals surface area contributed by atoms with Gasteiger partial charge >= 0.3 is 0 Å². The summed E-state index contributed by atoms with van der Waals surface area (Å²) in [6.07, 6.45) is 4.86. The molecule has 2 heteroatoms. The first-order chi connectivity index (χ1) is 8.40. The lowest BCUT2D eigenvalue weighted by Crippen LogP contribution is -1.73. The van der Waals surface area contributed by atoms with E-state index in [1.54, 1.807) is 0 Å². The summed E-state index contributed by atoms with van der Waals surface area (Å²) < 4.78 is 0. The predicted molar refractivity (Wildman–Crippen MR) is 71.9 cm³/mol. The first kappa shape index (κ1) is 11.4. The zero-order chi connectivity index (χ0) is 11.9. The highest BCUT2D eigenvalue weighted by Gasteiger charge is 1.86. The van der Waals surface area contributed by atoms with Gasteiger partial charge < -0.3 is 4.98 Å². The van der Waals surface area contributed by atoms with E-state index >= 15 is 0 Å². The number of pyridine rings is 1. The van der Waals surface area contributed by atoms with Gasteiger partial charge in [0.1, 0.15) is 0 Å². The second-order valence-electron chi connectivity index (χ2n) is 3.75. The Kier molecular flexibility index (Phi) is 3.92. The number of benzene rings is 1. The highest BCUT2D eigenvalue weighted by Crippen LogP contribution is 2.07. The number of nitrogens with zero attached hydrogens (tertiary/aromatic N) is 1. The van der Waals surface area contributed by atoms with Crippen molar-refractivity contribution >= 4 is 10.9 Å². The van der Waals surface area contributed by atoms with Crippen LogP contribution in [0.25, 0.3) is 10.9 Å². The number of para-hydroxylation sites is 1. The number of aromatic nitrogens is 2. The van der Waals surface area contributed by atoms with E-state index in [0.717, 1.165) is 11.9 Å². The third kappa shape index (κ3) is 3.18. The summed E-state index contributed by atoms with van der Waals surface area (Å²) in [5, 5.41) is 1.20. The van der Waals surface area contributed by atoms with E-state index in [9.17, 15) is 0 Å². The Morgan fingerprint density at radius 3 is 2.47 bits per heavy atom. The minimum atomic E-state index is 1.06. The number of hydrogen-bond acceptors (Lipinski definition) is 1. The van der Waals surface area contributed by atoms with Crippen molar-refractivity contribution < 1.29 is 0 Å². The van der Waals surface area contributed by atoms with Crippen molar-refractivity contribution in [3.8, 4) is 0 Å². The number of nitrogens with one attached hydrogen (secondary N) is 1. The summed E-state index contributed by atoms with van der Waals surface area (Å²) in [5.74, 6) is 0. The van der Waals surface area contributed by atoms with Crippen LogP contribution in [0.4, 0.5) is 0 Å². The molecule has 2 nitrogen and oxygen atoms in total. The maximum absolute atomic E-state index is 4.18. The van der Waals surface area contributed by atoms with Crippen LogP contribution in [0.15, 0.2) is 60.9 Å². The third-order valence-corrected chi connectivity index (χ3v) is 2.56. The minimum Gasteiger partial charge on any atom is -0.365 e. The van der Waals surface area contributed by atoms with Gasteiger partial charge in [0.2, 0.25) is 0 Å². The molecule has 0 aliphatic heterocycles. The first-order valence-electron chi connectivity index (χ1n) is 5.82. The van der Waals surface area contributed by atoms with Crippen LogP contribution in [0.5, 0.6) is 0 Å². The molecule has 0 spiro atoms. The normalized spacial score (nSPS) is 9.71. The first-order valence-corrected chi connectivity index (χ1v) is 5.82. The van der Waals surface area contributed by atoms with Crippen molar-refractivity contribution in [3.63, 3.8) is 0 Å². The van der Waals surface area contributed by atoms with Crippen LogP contribution in [0.2, 0.25) is 0 Å². The largest absolute Gasteiger partial charge is 0.365 e. The van der Waals surface area contributed by atoms with Crippen molar-refractivity contribution in [2.24, 2.45) is 0 Å². The molecule has 0 saturated heterocycles. The van der Waals surface area contributed by atoms with Gasteiger partial charge in [-0.25, -0.2) is 0 Å². The lowest BCUT2D eigenvalue weighted by Gasteiger charge is -1.91. The van der Waals surface area contributed by atoms with E-state index in [0.29, 0.717) is 0 Å². The summed E-state index contributed by atoms with van der Waals surface area (Å²) in [6, 6.07) is 16.2. The third-order valence-electron chi connectivity index (χ3n) is 2.56. The molecule has 1 aromatic carbocycles. The summed E-state index contributed by atoms with van der Waals surface area (Å²) in [5.41, 5.74) is 2.37.